The Hall–Kier alpha value is -1.20. The van der Waals surface area contributed by atoms with Crippen molar-refractivity contribution in [3.63, 3.8) is 0 Å². The Balaban J connectivity index is 2.47. The summed E-state index contributed by atoms with van der Waals surface area (Å²) in [5.74, 6) is 0. The maximum absolute atomic E-state index is 12.2. The molecule has 83 valence electrons. The van der Waals surface area contributed by atoms with Gasteiger partial charge >= 0.3 is 5.51 Å². The highest BCUT2D eigenvalue weighted by Gasteiger charge is 2.46. The molecule has 0 spiro atoms. The Labute approximate surface area is 93.1 Å². The number of hydrogen-bond acceptors (Lipinski definition) is 1. The number of hydrogen-bond donors (Lipinski definition) is 0. The number of alkyl halides is 3. The highest BCUT2D eigenvalue weighted by Crippen LogP contribution is 2.31. The number of benzene rings is 2. The van der Waals surface area contributed by atoms with Gasteiger partial charge in [-0.15, -0.1) is 13.2 Å². The maximum Gasteiger partial charge on any atom is 0.578 e. The zero-order chi connectivity index (χ0) is 11.8. The van der Waals surface area contributed by atoms with E-state index >= 15 is 0 Å². The van der Waals surface area contributed by atoms with Crippen LogP contribution in [0, 0.1) is 6.07 Å². The third-order valence-corrected chi connectivity index (χ3v) is 3.12. The molecular weight excluding hydrogens is 237 g/mol. The molecule has 0 N–H and O–H groups in total. The maximum atomic E-state index is 12.2. The van der Waals surface area contributed by atoms with Crippen molar-refractivity contribution in [2.24, 2.45) is 0 Å². The van der Waals surface area contributed by atoms with Crippen molar-refractivity contribution in [1.82, 2.24) is 0 Å². The normalized spacial score (nSPS) is 14.0. The van der Waals surface area contributed by atoms with Gasteiger partial charge in [0.2, 0.25) is 0 Å². The molecular formula is C11H6F3OS. The molecule has 2 aromatic rings. The molecule has 2 aromatic carbocycles. The first kappa shape index (κ1) is 11.3. The van der Waals surface area contributed by atoms with E-state index in [2.05, 4.69) is 6.07 Å². The lowest BCUT2D eigenvalue weighted by atomic mass is 10.1. The average molecular weight is 243 g/mol. The zero-order valence-corrected chi connectivity index (χ0v) is 8.73. The highest BCUT2D eigenvalue weighted by atomic mass is 32.2. The number of halogens is 3. The summed E-state index contributed by atoms with van der Waals surface area (Å²) >= 11 is -3.01. The second-order valence-electron chi connectivity index (χ2n) is 3.14. The van der Waals surface area contributed by atoms with E-state index in [9.17, 15) is 17.7 Å². The summed E-state index contributed by atoms with van der Waals surface area (Å²) < 4.78 is 47.7. The van der Waals surface area contributed by atoms with Gasteiger partial charge < -0.3 is 4.55 Å². The fourth-order valence-corrected chi connectivity index (χ4v) is 1.99. The van der Waals surface area contributed by atoms with Crippen LogP contribution in [0.4, 0.5) is 13.2 Å². The third-order valence-electron chi connectivity index (χ3n) is 2.06. The van der Waals surface area contributed by atoms with Crippen LogP contribution in [0.2, 0.25) is 0 Å². The molecule has 5 heteroatoms. The molecule has 0 aliphatic rings. The minimum atomic E-state index is -4.74. The van der Waals surface area contributed by atoms with E-state index in [4.69, 9.17) is 0 Å². The lowest BCUT2D eigenvalue weighted by molar-refractivity contribution is -0.0435. The monoisotopic (exact) mass is 243 g/mol. The molecule has 1 radical (unpaired) electrons. The fourth-order valence-electron chi connectivity index (χ4n) is 1.34. The molecule has 0 heterocycles. The van der Waals surface area contributed by atoms with Crippen LogP contribution in [0.1, 0.15) is 0 Å². The third kappa shape index (κ3) is 2.15. The first-order valence-corrected chi connectivity index (χ1v) is 5.52. The van der Waals surface area contributed by atoms with E-state index < -0.39 is 16.7 Å². The predicted molar refractivity (Wildman–Crippen MR) is 55.2 cm³/mol. The smallest absolute Gasteiger partial charge is 0.578 e. The van der Waals surface area contributed by atoms with Gasteiger partial charge in [-0.05, 0) is 16.8 Å². The van der Waals surface area contributed by atoms with Crippen molar-refractivity contribution >= 4 is 21.9 Å². The van der Waals surface area contributed by atoms with E-state index in [1.807, 2.05) is 0 Å². The molecule has 0 aliphatic heterocycles. The van der Waals surface area contributed by atoms with Gasteiger partial charge in [0, 0.05) is 12.1 Å². The molecule has 0 saturated carbocycles. The zero-order valence-electron chi connectivity index (χ0n) is 7.91. The molecule has 0 bridgehead atoms. The van der Waals surface area contributed by atoms with Crippen molar-refractivity contribution in [3.8, 4) is 0 Å². The van der Waals surface area contributed by atoms with E-state index in [0.29, 0.717) is 5.39 Å². The van der Waals surface area contributed by atoms with Crippen LogP contribution in [0.5, 0.6) is 0 Å². The molecule has 2 rings (SSSR count). The van der Waals surface area contributed by atoms with Gasteiger partial charge in [-0.1, -0.05) is 24.3 Å². The van der Waals surface area contributed by atoms with Crippen LogP contribution in [-0.2, 0) is 11.2 Å². The topological polar surface area (TPSA) is 23.1 Å². The van der Waals surface area contributed by atoms with Gasteiger partial charge in [0.05, 0.1) is 11.2 Å². The molecule has 0 amide bonds. The van der Waals surface area contributed by atoms with Gasteiger partial charge in [0.15, 0.2) is 4.90 Å². The molecule has 0 saturated heterocycles. The van der Waals surface area contributed by atoms with Crippen molar-refractivity contribution < 1.29 is 17.7 Å². The lowest BCUT2D eigenvalue weighted by Crippen LogP contribution is -2.23. The second-order valence-corrected chi connectivity index (χ2v) is 4.58. The Morgan fingerprint density at radius 3 is 2.38 bits per heavy atom. The van der Waals surface area contributed by atoms with Crippen molar-refractivity contribution in [2.45, 2.75) is 10.4 Å². The van der Waals surface area contributed by atoms with Gasteiger partial charge in [0.25, 0.3) is 0 Å². The van der Waals surface area contributed by atoms with Crippen LogP contribution >= 0.6 is 0 Å². The van der Waals surface area contributed by atoms with Gasteiger partial charge in [-0.3, -0.25) is 0 Å². The summed E-state index contributed by atoms with van der Waals surface area (Å²) in [5, 5.41) is 1.39. The van der Waals surface area contributed by atoms with Crippen molar-refractivity contribution in [3.05, 3.63) is 42.5 Å². The molecule has 1 nitrogen and oxygen atoms in total. The molecule has 1 atom stereocenters. The fraction of sp³-hybridized carbons (Fsp3) is 0.0909. The molecule has 1 unspecified atom stereocenters. The highest BCUT2D eigenvalue weighted by molar-refractivity contribution is 7.92. The molecule has 0 aliphatic carbocycles. The number of rotatable bonds is 1. The Morgan fingerprint density at radius 2 is 1.75 bits per heavy atom. The lowest BCUT2D eigenvalue weighted by Gasteiger charge is -2.12. The van der Waals surface area contributed by atoms with E-state index in [-0.39, 0.29) is 4.90 Å². The van der Waals surface area contributed by atoms with Gasteiger partial charge in [-0.2, -0.15) is 0 Å². The van der Waals surface area contributed by atoms with Crippen molar-refractivity contribution in [2.75, 3.05) is 0 Å². The van der Waals surface area contributed by atoms with E-state index in [1.54, 1.807) is 24.3 Å². The molecule has 16 heavy (non-hydrogen) atoms. The largest absolute Gasteiger partial charge is 0.604 e. The summed E-state index contributed by atoms with van der Waals surface area (Å²) in [5.41, 5.74) is -4.74. The summed E-state index contributed by atoms with van der Waals surface area (Å²) in [4.78, 5) is -0.341. The summed E-state index contributed by atoms with van der Waals surface area (Å²) in [7, 11) is 0. The Kier molecular flexibility index (Phi) is 2.82. The minimum Gasteiger partial charge on any atom is -0.604 e. The van der Waals surface area contributed by atoms with Gasteiger partial charge in [0.1, 0.15) is 0 Å². The quantitative estimate of drug-likeness (QED) is 0.705. The molecule has 0 aromatic heterocycles. The van der Waals surface area contributed by atoms with Crippen LogP contribution in [-0.4, -0.2) is 10.1 Å². The Morgan fingerprint density at radius 1 is 1.12 bits per heavy atom. The van der Waals surface area contributed by atoms with E-state index in [0.717, 1.165) is 5.39 Å². The second kappa shape index (κ2) is 3.99. The van der Waals surface area contributed by atoms with Crippen LogP contribution in [0.25, 0.3) is 10.8 Å². The molecule has 0 fully saturated rings. The first-order chi connectivity index (χ1) is 7.48. The summed E-state index contributed by atoms with van der Waals surface area (Å²) in [6, 6.07) is 12.0. The standard InChI is InChI=1S/C11H6F3OS/c12-11(13,14)16(15)10-6-5-8-3-1-2-4-9(8)7-10/h1-5,7H. The van der Waals surface area contributed by atoms with Crippen molar-refractivity contribution in [1.29, 1.82) is 0 Å². The van der Waals surface area contributed by atoms with Crippen LogP contribution < -0.4 is 0 Å². The number of fused-ring (bicyclic) bond motifs is 1. The summed E-state index contributed by atoms with van der Waals surface area (Å²) in [6.07, 6.45) is 0. The first-order valence-electron chi connectivity index (χ1n) is 4.37. The minimum absolute atomic E-state index is 0.341. The Bertz CT molecular complexity index is 510. The van der Waals surface area contributed by atoms with Gasteiger partial charge in [-0.25, -0.2) is 0 Å². The predicted octanol–water partition coefficient (Wildman–Crippen LogP) is 3.27. The average Bonchev–Trinajstić information content (AvgIpc) is 2.26. The SMILES string of the molecule is [O-][S+](c1[c]cc2ccccc2c1)C(F)(F)F. The van der Waals surface area contributed by atoms with Crippen LogP contribution in [0.3, 0.4) is 0 Å². The summed E-state index contributed by atoms with van der Waals surface area (Å²) in [6.45, 7) is 0. The van der Waals surface area contributed by atoms with Crippen LogP contribution in [0.15, 0.2) is 41.3 Å². The van der Waals surface area contributed by atoms with E-state index in [1.165, 1.54) is 12.1 Å².